The summed E-state index contributed by atoms with van der Waals surface area (Å²) in [7, 11) is -3.44. The second-order valence-electron chi connectivity index (χ2n) is 3.69. The van der Waals surface area contributed by atoms with Gasteiger partial charge < -0.3 is 0 Å². The molecule has 3 nitrogen and oxygen atoms in total. The maximum Gasteiger partial charge on any atom is 0.244 e. The predicted octanol–water partition coefficient (Wildman–Crippen LogP) is 2.78. The maximum atomic E-state index is 12.2. The molecule has 6 heteroatoms. The molecule has 88 valence electrons. The van der Waals surface area contributed by atoms with Crippen LogP contribution in [0.15, 0.2) is 23.1 Å². The van der Waals surface area contributed by atoms with Gasteiger partial charge in [-0.1, -0.05) is 23.2 Å². The smallest absolute Gasteiger partial charge is 0.207 e. The Morgan fingerprint density at radius 3 is 2.31 bits per heavy atom. The SMILES string of the molecule is O=S(=O)(c1ccc(Cl)cc1Cl)N1CCCC1. The Labute approximate surface area is 105 Å². The van der Waals surface area contributed by atoms with Crippen molar-refractivity contribution in [2.24, 2.45) is 0 Å². The van der Waals surface area contributed by atoms with Crippen LogP contribution in [0.1, 0.15) is 12.8 Å². The van der Waals surface area contributed by atoms with Gasteiger partial charge in [-0.25, -0.2) is 8.42 Å². The molecule has 1 saturated heterocycles. The predicted molar refractivity (Wildman–Crippen MR) is 64.5 cm³/mol. The average molecular weight is 280 g/mol. The summed E-state index contributed by atoms with van der Waals surface area (Å²) >= 11 is 11.6. The van der Waals surface area contributed by atoms with E-state index >= 15 is 0 Å². The highest BCUT2D eigenvalue weighted by atomic mass is 35.5. The van der Waals surface area contributed by atoms with Crippen LogP contribution in [-0.4, -0.2) is 25.8 Å². The zero-order valence-corrected chi connectivity index (χ0v) is 10.8. The third kappa shape index (κ3) is 2.20. The Morgan fingerprint density at radius 1 is 1.12 bits per heavy atom. The van der Waals surface area contributed by atoms with E-state index in [0.717, 1.165) is 12.8 Å². The van der Waals surface area contributed by atoms with Crippen LogP contribution in [0.4, 0.5) is 0 Å². The Hall–Kier alpha value is -0.290. The summed E-state index contributed by atoms with van der Waals surface area (Å²) in [4.78, 5) is 0.139. The lowest BCUT2D eigenvalue weighted by Gasteiger charge is -2.16. The third-order valence-corrected chi connectivity index (χ3v) is 5.19. The Bertz CT molecular complexity index is 496. The fraction of sp³-hybridized carbons (Fsp3) is 0.400. The molecule has 1 aliphatic rings. The van der Waals surface area contributed by atoms with Gasteiger partial charge in [0.15, 0.2) is 0 Å². The van der Waals surface area contributed by atoms with Crippen LogP contribution in [0, 0.1) is 0 Å². The first-order valence-electron chi connectivity index (χ1n) is 4.97. The standard InChI is InChI=1S/C10H11Cl2NO2S/c11-8-3-4-10(9(12)7-8)16(14,15)13-5-1-2-6-13/h3-4,7H,1-2,5-6H2. The van der Waals surface area contributed by atoms with Gasteiger partial charge in [-0.2, -0.15) is 4.31 Å². The minimum Gasteiger partial charge on any atom is -0.207 e. The van der Waals surface area contributed by atoms with Crippen LogP contribution in [-0.2, 0) is 10.0 Å². The highest BCUT2D eigenvalue weighted by molar-refractivity contribution is 7.89. The largest absolute Gasteiger partial charge is 0.244 e. The fourth-order valence-electron chi connectivity index (χ4n) is 1.75. The van der Waals surface area contributed by atoms with Crippen LogP contribution in [0.5, 0.6) is 0 Å². The number of hydrogen-bond donors (Lipinski definition) is 0. The molecule has 0 aromatic heterocycles. The Balaban J connectivity index is 2.42. The van der Waals surface area contributed by atoms with E-state index in [2.05, 4.69) is 0 Å². The molecule has 1 aromatic rings. The van der Waals surface area contributed by atoms with E-state index in [1.165, 1.54) is 22.5 Å². The van der Waals surface area contributed by atoms with Gasteiger partial charge in [0.05, 0.1) is 5.02 Å². The lowest BCUT2D eigenvalue weighted by molar-refractivity contribution is 0.477. The summed E-state index contributed by atoms with van der Waals surface area (Å²) in [5.74, 6) is 0. The molecular weight excluding hydrogens is 269 g/mol. The van der Waals surface area contributed by atoms with E-state index in [0.29, 0.717) is 18.1 Å². The zero-order chi connectivity index (χ0) is 11.8. The van der Waals surface area contributed by atoms with E-state index in [-0.39, 0.29) is 9.92 Å². The number of hydrogen-bond acceptors (Lipinski definition) is 2. The van der Waals surface area contributed by atoms with Crippen molar-refractivity contribution in [3.8, 4) is 0 Å². The molecule has 0 amide bonds. The van der Waals surface area contributed by atoms with E-state index in [4.69, 9.17) is 23.2 Å². The summed E-state index contributed by atoms with van der Waals surface area (Å²) in [6.07, 6.45) is 1.81. The molecule has 1 heterocycles. The molecule has 0 N–H and O–H groups in total. The topological polar surface area (TPSA) is 37.4 Å². The van der Waals surface area contributed by atoms with Crippen molar-refractivity contribution >= 4 is 33.2 Å². The first-order chi connectivity index (χ1) is 7.51. The summed E-state index contributed by atoms with van der Waals surface area (Å²) in [6, 6.07) is 4.45. The molecule has 0 radical (unpaired) electrons. The summed E-state index contributed by atoms with van der Waals surface area (Å²) in [5.41, 5.74) is 0. The molecule has 1 aliphatic heterocycles. The number of sulfonamides is 1. The van der Waals surface area contributed by atoms with Gasteiger partial charge >= 0.3 is 0 Å². The van der Waals surface area contributed by atoms with Crippen molar-refractivity contribution < 1.29 is 8.42 Å². The first-order valence-corrected chi connectivity index (χ1v) is 7.16. The third-order valence-electron chi connectivity index (χ3n) is 2.58. The summed E-state index contributed by atoms with van der Waals surface area (Å²) in [6.45, 7) is 1.14. The highest BCUT2D eigenvalue weighted by Crippen LogP contribution is 2.29. The van der Waals surface area contributed by atoms with Crippen LogP contribution >= 0.6 is 23.2 Å². The second-order valence-corrected chi connectivity index (χ2v) is 6.44. The lowest BCUT2D eigenvalue weighted by Crippen LogP contribution is -2.28. The quantitative estimate of drug-likeness (QED) is 0.835. The van der Waals surface area contributed by atoms with Crippen molar-refractivity contribution in [2.75, 3.05) is 13.1 Å². The lowest BCUT2D eigenvalue weighted by atomic mass is 10.4. The van der Waals surface area contributed by atoms with E-state index in [1.807, 2.05) is 0 Å². The molecule has 0 spiro atoms. The maximum absolute atomic E-state index is 12.2. The Morgan fingerprint density at radius 2 is 1.75 bits per heavy atom. The number of halogens is 2. The van der Waals surface area contributed by atoms with E-state index < -0.39 is 10.0 Å². The van der Waals surface area contributed by atoms with Gasteiger partial charge in [-0.3, -0.25) is 0 Å². The van der Waals surface area contributed by atoms with E-state index in [9.17, 15) is 8.42 Å². The monoisotopic (exact) mass is 279 g/mol. The van der Waals surface area contributed by atoms with Crippen LogP contribution in [0.2, 0.25) is 10.0 Å². The highest BCUT2D eigenvalue weighted by Gasteiger charge is 2.28. The van der Waals surface area contributed by atoms with E-state index in [1.54, 1.807) is 0 Å². The molecule has 0 saturated carbocycles. The van der Waals surface area contributed by atoms with Crippen LogP contribution in [0.3, 0.4) is 0 Å². The molecule has 1 fully saturated rings. The van der Waals surface area contributed by atoms with Crippen LogP contribution < -0.4 is 0 Å². The fourth-order valence-corrected chi connectivity index (χ4v) is 4.02. The van der Waals surface area contributed by atoms with Crippen molar-refractivity contribution in [1.82, 2.24) is 4.31 Å². The molecule has 0 aliphatic carbocycles. The number of rotatable bonds is 2. The molecule has 0 bridgehead atoms. The van der Waals surface area contributed by atoms with Crippen LogP contribution in [0.25, 0.3) is 0 Å². The summed E-state index contributed by atoms with van der Waals surface area (Å²) in [5, 5.41) is 0.616. The molecular formula is C10H11Cl2NO2S. The minimum atomic E-state index is -3.44. The number of nitrogens with zero attached hydrogens (tertiary/aromatic N) is 1. The van der Waals surface area contributed by atoms with Crippen molar-refractivity contribution in [2.45, 2.75) is 17.7 Å². The van der Waals surface area contributed by atoms with Gasteiger partial charge in [0, 0.05) is 18.1 Å². The van der Waals surface area contributed by atoms with Gasteiger partial charge in [0.25, 0.3) is 0 Å². The van der Waals surface area contributed by atoms with Gasteiger partial charge in [0.1, 0.15) is 4.90 Å². The molecule has 1 aromatic carbocycles. The van der Waals surface area contributed by atoms with Crippen molar-refractivity contribution in [1.29, 1.82) is 0 Å². The minimum absolute atomic E-state index is 0.139. The normalized spacial score (nSPS) is 17.9. The average Bonchev–Trinajstić information content (AvgIpc) is 2.69. The van der Waals surface area contributed by atoms with Gasteiger partial charge in [0.2, 0.25) is 10.0 Å². The van der Waals surface area contributed by atoms with Crippen molar-refractivity contribution in [3.63, 3.8) is 0 Å². The Kier molecular flexibility index (Phi) is 3.45. The molecule has 0 atom stereocenters. The molecule has 0 unspecified atom stereocenters. The molecule has 16 heavy (non-hydrogen) atoms. The zero-order valence-electron chi connectivity index (χ0n) is 8.49. The molecule has 2 rings (SSSR count). The summed E-state index contributed by atoms with van der Waals surface area (Å²) < 4.78 is 25.8. The number of benzene rings is 1. The van der Waals surface area contributed by atoms with Gasteiger partial charge in [-0.15, -0.1) is 0 Å². The first kappa shape index (κ1) is 12.2. The second kappa shape index (κ2) is 4.53. The van der Waals surface area contributed by atoms with Crippen molar-refractivity contribution in [3.05, 3.63) is 28.2 Å². The van der Waals surface area contributed by atoms with Gasteiger partial charge in [-0.05, 0) is 31.0 Å².